The monoisotopic (exact) mass is 274 g/mol. The van der Waals surface area contributed by atoms with Crippen LogP contribution in [0.25, 0.3) is 0 Å². The Kier molecular flexibility index (Phi) is 4.46. The molecule has 1 unspecified atom stereocenters. The van der Waals surface area contributed by atoms with Crippen LogP contribution in [0.3, 0.4) is 0 Å². The highest BCUT2D eigenvalue weighted by Crippen LogP contribution is 2.29. The van der Waals surface area contributed by atoms with Gasteiger partial charge in [-0.25, -0.2) is 0 Å². The Morgan fingerprint density at radius 2 is 2.00 bits per heavy atom. The number of carboxylic acids is 1. The number of hydrogen-bond acceptors (Lipinski definition) is 4. The molecule has 0 radical (unpaired) electrons. The molecule has 0 spiro atoms. The number of carbonyl (C=O) groups is 1. The molecule has 1 aromatic carbocycles. The van der Waals surface area contributed by atoms with Crippen LogP contribution >= 0.6 is 0 Å². The van der Waals surface area contributed by atoms with E-state index in [0.717, 1.165) is 37.4 Å². The molecule has 2 rings (SSSR count). The summed E-state index contributed by atoms with van der Waals surface area (Å²) < 4.78 is 5.13. The van der Waals surface area contributed by atoms with Crippen LogP contribution in [0, 0.1) is 23.2 Å². The molecular formula is C15H18N2O3. The third-order valence-corrected chi connectivity index (χ3v) is 3.85. The summed E-state index contributed by atoms with van der Waals surface area (Å²) in [5.41, 5.74) is 1.10. The summed E-state index contributed by atoms with van der Waals surface area (Å²) >= 11 is 0. The van der Waals surface area contributed by atoms with Crippen molar-refractivity contribution in [2.45, 2.75) is 12.8 Å². The Morgan fingerprint density at radius 3 is 2.45 bits per heavy atom. The molecule has 0 amide bonds. The minimum atomic E-state index is -1.00. The van der Waals surface area contributed by atoms with Gasteiger partial charge >= 0.3 is 5.97 Å². The normalized spacial score (nSPS) is 17.3. The Labute approximate surface area is 118 Å². The van der Waals surface area contributed by atoms with Gasteiger partial charge in [-0.15, -0.1) is 0 Å². The molecule has 1 aliphatic heterocycles. The first-order chi connectivity index (χ1) is 9.65. The lowest BCUT2D eigenvalue weighted by molar-refractivity contribution is -0.141. The third kappa shape index (κ3) is 3.02. The molecule has 1 heterocycles. The zero-order valence-corrected chi connectivity index (χ0v) is 11.5. The van der Waals surface area contributed by atoms with Crippen LogP contribution in [0.5, 0.6) is 5.75 Å². The second kappa shape index (κ2) is 6.29. The van der Waals surface area contributed by atoms with Gasteiger partial charge in [0.25, 0.3) is 0 Å². The fourth-order valence-corrected chi connectivity index (χ4v) is 2.65. The summed E-state index contributed by atoms with van der Waals surface area (Å²) in [5, 5.41) is 17.9. The molecule has 0 aliphatic carbocycles. The van der Waals surface area contributed by atoms with Gasteiger partial charge in [-0.3, -0.25) is 4.79 Å². The minimum Gasteiger partial charge on any atom is -0.497 e. The standard InChI is InChI=1S/C15H18N2O3/c1-20-13-4-2-12(3-5-13)17-8-6-11(7-9-17)14(10-16)15(18)19/h2-5,11,14H,6-9H2,1H3,(H,18,19). The van der Waals surface area contributed by atoms with Gasteiger partial charge in [0, 0.05) is 18.8 Å². The van der Waals surface area contributed by atoms with Crippen molar-refractivity contribution in [2.75, 3.05) is 25.1 Å². The molecule has 106 valence electrons. The number of ether oxygens (including phenoxy) is 1. The Morgan fingerprint density at radius 1 is 1.40 bits per heavy atom. The maximum Gasteiger partial charge on any atom is 0.321 e. The fourth-order valence-electron chi connectivity index (χ4n) is 2.65. The molecule has 0 saturated carbocycles. The lowest BCUT2D eigenvalue weighted by Crippen LogP contribution is -2.37. The number of anilines is 1. The Balaban J connectivity index is 1.97. The lowest BCUT2D eigenvalue weighted by Gasteiger charge is -2.34. The Hall–Kier alpha value is -2.22. The van der Waals surface area contributed by atoms with Crippen LogP contribution in [0.1, 0.15) is 12.8 Å². The molecule has 1 saturated heterocycles. The second-order valence-electron chi connectivity index (χ2n) is 4.97. The topological polar surface area (TPSA) is 73.6 Å². The summed E-state index contributed by atoms with van der Waals surface area (Å²) in [6.45, 7) is 1.56. The van der Waals surface area contributed by atoms with Gasteiger partial charge in [0.15, 0.2) is 0 Å². The highest BCUT2D eigenvalue weighted by atomic mass is 16.5. The predicted octanol–water partition coefficient (Wildman–Crippen LogP) is 2.14. The maximum atomic E-state index is 11.0. The van der Waals surface area contributed by atoms with E-state index in [4.69, 9.17) is 15.1 Å². The van der Waals surface area contributed by atoms with E-state index in [9.17, 15) is 4.79 Å². The van der Waals surface area contributed by atoms with Gasteiger partial charge < -0.3 is 14.7 Å². The van der Waals surface area contributed by atoms with Gasteiger partial charge in [0.05, 0.1) is 13.2 Å². The van der Waals surface area contributed by atoms with Crippen LogP contribution in [0.2, 0.25) is 0 Å². The predicted molar refractivity (Wildman–Crippen MR) is 74.7 cm³/mol. The fraction of sp³-hybridized carbons (Fsp3) is 0.467. The van der Waals surface area contributed by atoms with Crippen molar-refractivity contribution in [3.05, 3.63) is 24.3 Å². The van der Waals surface area contributed by atoms with Crippen molar-refractivity contribution in [1.82, 2.24) is 0 Å². The van der Waals surface area contributed by atoms with E-state index in [1.54, 1.807) is 7.11 Å². The number of nitriles is 1. The van der Waals surface area contributed by atoms with E-state index in [1.165, 1.54) is 0 Å². The average Bonchev–Trinajstić information content (AvgIpc) is 2.48. The molecule has 5 nitrogen and oxygen atoms in total. The zero-order chi connectivity index (χ0) is 14.5. The van der Waals surface area contributed by atoms with Crippen molar-refractivity contribution in [2.24, 2.45) is 11.8 Å². The highest BCUT2D eigenvalue weighted by Gasteiger charge is 2.31. The first-order valence-corrected chi connectivity index (χ1v) is 6.67. The van der Waals surface area contributed by atoms with Gasteiger partial charge in [-0.1, -0.05) is 0 Å². The summed E-state index contributed by atoms with van der Waals surface area (Å²) in [6, 6.07) is 9.73. The van der Waals surface area contributed by atoms with Gasteiger partial charge in [0.2, 0.25) is 0 Å². The van der Waals surface area contributed by atoms with E-state index in [0.29, 0.717) is 0 Å². The molecule has 5 heteroatoms. The van der Waals surface area contributed by atoms with E-state index < -0.39 is 11.9 Å². The number of hydrogen-bond donors (Lipinski definition) is 1. The van der Waals surface area contributed by atoms with Crippen LogP contribution in [0.15, 0.2) is 24.3 Å². The largest absolute Gasteiger partial charge is 0.497 e. The summed E-state index contributed by atoms with van der Waals surface area (Å²) in [5.74, 6) is -1.12. The molecule has 1 atom stereocenters. The van der Waals surface area contributed by atoms with E-state index >= 15 is 0 Å². The number of piperidine rings is 1. The number of nitrogens with zero attached hydrogens (tertiary/aromatic N) is 2. The molecule has 1 aromatic rings. The Bertz CT molecular complexity index is 499. The van der Waals surface area contributed by atoms with Gasteiger partial charge in [-0.05, 0) is 43.0 Å². The number of rotatable bonds is 4. The quantitative estimate of drug-likeness (QED) is 0.910. The first kappa shape index (κ1) is 14.2. The SMILES string of the molecule is COc1ccc(N2CCC(C(C#N)C(=O)O)CC2)cc1. The molecule has 1 N–H and O–H groups in total. The second-order valence-corrected chi connectivity index (χ2v) is 4.97. The van der Waals surface area contributed by atoms with E-state index in [1.807, 2.05) is 30.3 Å². The van der Waals surface area contributed by atoms with Crippen molar-refractivity contribution < 1.29 is 14.6 Å². The van der Waals surface area contributed by atoms with Crippen molar-refractivity contribution >= 4 is 11.7 Å². The van der Waals surface area contributed by atoms with Crippen molar-refractivity contribution in [1.29, 1.82) is 5.26 Å². The van der Waals surface area contributed by atoms with Gasteiger partial charge in [0.1, 0.15) is 11.7 Å². The molecule has 1 fully saturated rings. The minimum absolute atomic E-state index is 0.0491. The van der Waals surface area contributed by atoms with Crippen LogP contribution in [-0.4, -0.2) is 31.3 Å². The lowest BCUT2D eigenvalue weighted by atomic mass is 9.85. The summed E-state index contributed by atoms with van der Waals surface area (Å²) in [4.78, 5) is 13.2. The summed E-state index contributed by atoms with van der Waals surface area (Å²) in [7, 11) is 1.63. The van der Waals surface area contributed by atoms with Crippen LogP contribution in [0.4, 0.5) is 5.69 Å². The molecule has 0 bridgehead atoms. The summed E-state index contributed by atoms with van der Waals surface area (Å²) in [6.07, 6.45) is 1.47. The number of methoxy groups -OCH3 is 1. The molecule has 0 aromatic heterocycles. The number of carboxylic acid groups (broad SMARTS) is 1. The smallest absolute Gasteiger partial charge is 0.321 e. The third-order valence-electron chi connectivity index (χ3n) is 3.85. The van der Waals surface area contributed by atoms with E-state index in [2.05, 4.69) is 4.90 Å². The van der Waals surface area contributed by atoms with Gasteiger partial charge in [-0.2, -0.15) is 5.26 Å². The molecule has 1 aliphatic rings. The van der Waals surface area contributed by atoms with E-state index in [-0.39, 0.29) is 5.92 Å². The highest BCUT2D eigenvalue weighted by molar-refractivity contribution is 5.73. The van der Waals surface area contributed by atoms with Crippen molar-refractivity contribution in [3.8, 4) is 11.8 Å². The number of benzene rings is 1. The van der Waals surface area contributed by atoms with Crippen LogP contribution in [-0.2, 0) is 4.79 Å². The zero-order valence-electron chi connectivity index (χ0n) is 11.5. The molecule has 20 heavy (non-hydrogen) atoms. The maximum absolute atomic E-state index is 11.0. The first-order valence-electron chi connectivity index (χ1n) is 6.67. The van der Waals surface area contributed by atoms with Crippen LogP contribution < -0.4 is 9.64 Å². The molecular weight excluding hydrogens is 256 g/mol. The average molecular weight is 274 g/mol. The van der Waals surface area contributed by atoms with Crippen molar-refractivity contribution in [3.63, 3.8) is 0 Å². The number of aliphatic carboxylic acids is 1.